The summed E-state index contributed by atoms with van der Waals surface area (Å²) in [6, 6.07) is -0.800. The summed E-state index contributed by atoms with van der Waals surface area (Å²) in [4.78, 5) is 12.3. The number of hydrogen-bond donors (Lipinski definition) is 4. The van der Waals surface area contributed by atoms with Gasteiger partial charge in [-0.25, -0.2) is 0 Å². The molecule has 0 aliphatic rings. The van der Waals surface area contributed by atoms with Crippen molar-refractivity contribution in [3.05, 3.63) is 24.3 Å². The van der Waals surface area contributed by atoms with E-state index in [1.165, 1.54) is 89.9 Å². The number of allylic oxidation sites excluding steroid dienone is 3. The number of carbonyl (C=O) groups excluding carboxylic acids is 1. The minimum atomic E-state index is -1.11. The topological polar surface area (TPSA) is 89.8 Å². The molecule has 0 aromatic rings. The molecule has 0 radical (unpaired) electrons. The van der Waals surface area contributed by atoms with Crippen LogP contribution in [0.25, 0.3) is 0 Å². The van der Waals surface area contributed by atoms with Gasteiger partial charge in [-0.05, 0) is 44.9 Å². The van der Waals surface area contributed by atoms with Gasteiger partial charge in [-0.2, -0.15) is 0 Å². The Morgan fingerprint density at radius 2 is 1.08 bits per heavy atom. The Hall–Kier alpha value is -1.17. The first kappa shape index (κ1) is 35.8. The Balaban J connectivity index is 3.87. The zero-order chi connectivity index (χ0) is 27.4. The molecule has 0 bridgehead atoms. The van der Waals surface area contributed by atoms with Crippen molar-refractivity contribution in [3.8, 4) is 0 Å². The molecule has 0 fully saturated rings. The Morgan fingerprint density at radius 3 is 1.57 bits per heavy atom. The number of rotatable bonds is 27. The van der Waals surface area contributed by atoms with Crippen molar-refractivity contribution in [1.82, 2.24) is 5.32 Å². The lowest BCUT2D eigenvalue weighted by Crippen LogP contribution is -2.48. The Morgan fingerprint density at radius 1 is 0.649 bits per heavy atom. The molecule has 1 amide bonds. The van der Waals surface area contributed by atoms with Crippen LogP contribution >= 0.6 is 0 Å². The van der Waals surface area contributed by atoms with E-state index >= 15 is 0 Å². The average Bonchev–Trinajstić information content (AvgIpc) is 2.90. The molecule has 3 atom stereocenters. The first-order chi connectivity index (χ1) is 18.1. The van der Waals surface area contributed by atoms with Crippen molar-refractivity contribution in [2.24, 2.45) is 0 Å². The van der Waals surface area contributed by atoms with Crippen LogP contribution in [0.15, 0.2) is 24.3 Å². The van der Waals surface area contributed by atoms with Crippen LogP contribution < -0.4 is 5.32 Å². The van der Waals surface area contributed by atoms with Crippen LogP contribution in [0, 0.1) is 0 Å². The van der Waals surface area contributed by atoms with Crippen LogP contribution in [0.2, 0.25) is 0 Å². The van der Waals surface area contributed by atoms with Gasteiger partial charge in [0.2, 0.25) is 5.91 Å². The maximum Gasteiger partial charge on any atom is 0.249 e. The fourth-order valence-corrected chi connectivity index (χ4v) is 4.47. The van der Waals surface area contributed by atoms with E-state index in [4.69, 9.17) is 0 Å². The molecule has 0 heterocycles. The number of aliphatic hydroxyl groups is 3. The number of nitrogens with one attached hydrogen (secondary N) is 1. The lowest BCUT2D eigenvalue weighted by atomic mass is 10.1. The minimum absolute atomic E-state index is 0.370. The number of hydrogen-bond acceptors (Lipinski definition) is 4. The van der Waals surface area contributed by atoms with Crippen molar-refractivity contribution >= 4 is 5.91 Å². The van der Waals surface area contributed by atoms with Crippen LogP contribution in [0.5, 0.6) is 0 Å². The van der Waals surface area contributed by atoms with E-state index in [1.54, 1.807) is 6.08 Å². The van der Waals surface area contributed by atoms with Gasteiger partial charge in [0.15, 0.2) is 0 Å². The normalized spacial score (nSPS) is 14.4. The highest BCUT2D eigenvalue weighted by molar-refractivity contribution is 5.80. The second-order valence-electron chi connectivity index (χ2n) is 10.7. The highest BCUT2D eigenvalue weighted by Gasteiger charge is 2.22. The van der Waals surface area contributed by atoms with E-state index in [-0.39, 0.29) is 6.61 Å². The fraction of sp³-hybridized carbons (Fsp3) is 0.844. The molecule has 0 rings (SSSR count). The van der Waals surface area contributed by atoms with Gasteiger partial charge in [-0.15, -0.1) is 0 Å². The van der Waals surface area contributed by atoms with Gasteiger partial charge in [0.25, 0.3) is 0 Å². The predicted molar refractivity (Wildman–Crippen MR) is 158 cm³/mol. The summed E-state index contributed by atoms with van der Waals surface area (Å²) < 4.78 is 0. The van der Waals surface area contributed by atoms with E-state index in [1.807, 2.05) is 6.08 Å². The van der Waals surface area contributed by atoms with Crippen molar-refractivity contribution in [2.75, 3.05) is 6.61 Å². The van der Waals surface area contributed by atoms with Crippen molar-refractivity contribution in [1.29, 1.82) is 0 Å². The Labute approximate surface area is 229 Å². The summed E-state index contributed by atoms with van der Waals surface area (Å²) in [5.74, 6) is -0.524. The first-order valence-electron chi connectivity index (χ1n) is 15.7. The average molecular weight is 524 g/mol. The lowest BCUT2D eigenvalue weighted by molar-refractivity contribution is -0.131. The maximum absolute atomic E-state index is 12.3. The molecule has 0 aliphatic heterocycles. The van der Waals surface area contributed by atoms with Crippen LogP contribution in [-0.2, 0) is 4.79 Å². The number of carbonyl (C=O) groups is 1. The number of aliphatic hydroxyl groups excluding tert-OH is 3. The van der Waals surface area contributed by atoms with E-state index in [0.29, 0.717) is 6.42 Å². The molecule has 5 nitrogen and oxygen atoms in total. The highest BCUT2D eigenvalue weighted by Crippen LogP contribution is 2.12. The first-order valence-corrected chi connectivity index (χ1v) is 15.7. The van der Waals surface area contributed by atoms with Crippen LogP contribution in [0.4, 0.5) is 0 Å². The van der Waals surface area contributed by atoms with Crippen LogP contribution in [0.1, 0.15) is 149 Å². The quantitative estimate of drug-likeness (QED) is 0.0661. The third kappa shape index (κ3) is 23.7. The van der Waals surface area contributed by atoms with E-state index in [0.717, 1.165) is 38.5 Å². The fourth-order valence-electron chi connectivity index (χ4n) is 4.47. The third-order valence-electron chi connectivity index (χ3n) is 7.04. The summed E-state index contributed by atoms with van der Waals surface area (Å²) in [6.45, 7) is 4.11. The van der Waals surface area contributed by atoms with Crippen LogP contribution in [-0.4, -0.2) is 46.1 Å². The second-order valence-corrected chi connectivity index (χ2v) is 10.7. The summed E-state index contributed by atoms with van der Waals surface area (Å²) in [7, 11) is 0. The largest absolute Gasteiger partial charge is 0.394 e. The van der Waals surface area contributed by atoms with Gasteiger partial charge in [0.05, 0.1) is 18.8 Å². The molecule has 3 unspecified atom stereocenters. The van der Waals surface area contributed by atoms with E-state index in [2.05, 4.69) is 31.3 Å². The smallest absolute Gasteiger partial charge is 0.249 e. The zero-order valence-electron chi connectivity index (χ0n) is 24.3. The summed E-state index contributed by atoms with van der Waals surface area (Å²) >= 11 is 0. The molecule has 218 valence electrons. The summed E-state index contributed by atoms with van der Waals surface area (Å²) in [5, 5.41) is 32.7. The van der Waals surface area contributed by atoms with Gasteiger partial charge in [0, 0.05) is 0 Å². The standard InChI is InChI=1S/C32H61NO4/c1-3-5-7-9-11-13-15-17-19-21-23-25-27-31(36)32(37)33-29(28-34)30(35)26-24-22-20-18-16-14-12-10-8-6-4-2/h17,19,24,26,29-31,34-36H,3-16,18,20-23,25,27-28H2,1-2H3,(H,33,37)/b19-17-,26-24+. The van der Waals surface area contributed by atoms with E-state index < -0.39 is 24.2 Å². The predicted octanol–water partition coefficient (Wildman–Crippen LogP) is 7.53. The van der Waals surface area contributed by atoms with Gasteiger partial charge >= 0.3 is 0 Å². The third-order valence-corrected chi connectivity index (χ3v) is 7.04. The molecule has 37 heavy (non-hydrogen) atoms. The Bertz CT molecular complexity index is 549. The van der Waals surface area contributed by atoms with Crippen LogP contribution in [0.3, 0.4) is 0 Å². The van der Waals surface area contributed by atoms with Crippen molar-refractivity contribution < 1.29 is 20.1 Å². The van der Waals surface area contributed by atoms with Gasteiger partial charge in [-0.1, -0.05) is 128 Å². The maximum atomic E-state index is 12.3. The lowest BCUT2D eigenvalue weighted by Gasteiger charge is -2.21. The molecular weight excluding hydrogens is 462 g/mol. The minimum Gasteiger partial charge on any atom is -0.394 e. The van der Waals surface area contributed by atoms with Gasteiger partial charge in [0.1, 0.15) is 6.10 Å². The second kappa shape index (κ2) is 27.9. The van der Waals surface area contributed by atoms with Gasteiger partial charge < -0.3 is 20.6 Å². The summed E-state index contributed by atoms with van der Waals surface area (Å²) in [5.41, 5.74) is 0. The van der Waals surface area contributed by atoms with Crippen molar-refractivity contribution in [2.45, 2.75) is 167 Å². The highest BCUT2D eigenvalue weighted by atomic mass is 16.3. The summed E-state index contributed by atoms with van der Waals surface area (Å²) in [6.07, 6.45) is 30.4. The number of amides is 1. The molecule has 0 saturated carbocycles. The van der Waals surface area contributed by atoms with Gasteiger partial charge in [-0.3, -0.25) is 4.79 Å². The molecule has 0 aromatic carbocycles. The molecular formula is C32H61NO4. The molecule has 0 saturated heterocycles. The molecule has 5 heteroatoms. The molecule has 4 N–H and O–H groups in total. The van der Waals surface area contributed by atoms with Crippen molar-refractivity contribution in [3.63, 3.8) is 0 Å². The van der Waals surface area contributed by atoms with E-state index in [9.17, 15) is 20.1 Å². The number of unbranched alkanes of at least 4 members (excludes halogenated alkanes) is 17. The zero-order valence-corrected chi connectivity index (χ0v) is 24.3. The molecule has 0 aromatic heterocycles. The Kier molecular flexibility index (Phi) is 27.0. The molecule has 0 spiro atoms. The SMILES string of the molecule is CCCCCCCC/C=C\CCCCC(O)C(=O)NC(CO)C(O)/C=C/CCCCCCCCCCC. The molecule has 0 aliphatic carbocycles. The monoisotopic (exact) mass is 523 g/mol.